The highest BCUT2D eigenvalue weighted by Crippen LogP contribution is 2.21. The largest absolute Gasteiger partial charge is 0.478 e. The molecule has 1 aromatic carbocycles. The number of benzene rings is 1. The van der Waals surface area contributed by atoms with Crippen LogP contribution in [0.4, 0.5) is 5.69 Å². The van der Waals surface area contributed by atoms with E-state index in [0.29, 0.717) is 0 Å². The first-order valence-electron chi connectivity index (χ1n) is 6.08. The average molecular weight is 243 g/mol. The number of carbonyl (C=O) groups is 1. The van der Waals surface area contributed by atoms with E-state index >= 15 is 0 Å². The highest BCUT2D eigenvalue weighted by atomic mass is 16.4. The number of aryl methyl sites for hydroxylation is 1. The Morgan fingerprint density at radius 2 is 2.22 bits per heavy atom. The molecule has 1 aliphatic heterocycles. The number of nitrogens with zero attached hydrogens (tertiary/aromatic N) is 1. The van der Waals surface area contributed by atoms with E-state index in [0.717, 1.165) is 30.6 Å². The Hall–Kier alpha value is -2.03. The van der Waals surface area contributed by atoms with Crippen molar-refractivity contribution < 1.29 is 9.90 Å². The molecule has 0 saturated heterocycles. The predicted molar refractivity (Wildman–Crippen MR) is 73.8 cm³/mol. The maximum atomic E-state index is 10.5. The van der Waals surface area contributed by atoms with Crippen LogP contribution in [0.2, 0.25) is 0 Å². The molecule has 94 valence electrons. The molecule has 0 radical (unpaired) electrons. The third-order valence-corrected chi connectivity index (χ3v) is 3.08. The molecule has 1 aliphatic rings. The molecule has 18 heavy (non-hydrogen) atoms. The van der Waals surface area contributed by atoms with E-state index in [1.807, 2.05) is 19.1 Å². The number of anilines is 1. The van der Waals surface area contributed by atoms with Crippen LogP contribution in [0.25, 0.3) is 6.08 Å². The van der Waals surface area contributed by atoms with Gasteiger partial charge in [-0.1, -0.05) is 18.2 Å². The first-order chi connectivity index (χ1) is 8.66. The van der Waals surface area contributed by atoms with Gasteiger partial charge in [0, 0.05) is 24.9 Å². The zero-order chi connectivity index (χ0) is 13.0. The van der Waals surface area contributed by atoms with Gasteiger partial charge in [0.05, 0.1) is 0 Å². The van der Waals surface area contributed by atoms with Gasteiger partial charge in [-0.05, 0) is 42.7 Å². The van der Waals surface area contributed by atoms with E-state index < -0.39 is 5.97 Å². The fraction of sp³-hybridized carbons (Fsp3) is 0.267. The maximum Gasteiger partial charge on any atom is 0.328 e. The Morgan fingerprint density at radius 3 is 2.83 bits per heavy atom. The molecule has 1 aromatic rings. The van der Waals surface area contributed by atoms with Crippen molar-refractivity contribution in [1.29, 1.82) is 0 Å². The molecule has 0 amide bonds. The van der Waals surface area contributed by atoms with Gasteiger partial charge in [0.25, 0.3) is 0 Å². The number of aliphatic carboxylic acids is 1. The Balaban J connectivity index is 2.19. The summed E-state index contributed by atoms with van der Waals surface area (Å²) in [6.45, 7) is 3.99. The Bertz CT molecular complexity index is 503. The van der Waals surface area contributed by atoms with Gasteiger partial charge < -0.3 is 10.0 Å². The van der Waals surface area contributed by atoms with Crippen LogP contribution in [0, 0.1) is 6.92 Å². The summed E-state index contributed by atoms with van der Waals surface area (Å²) in [7, 11) is 0. The zero-order valence-electron chi connectivity index (χ0n) is 10.5. The summed E-state index contributed by atoms with van der Waals surface area (Å²) >= 11 is 0. The van der Waals surface area contributed by atoms with Crippen molar-refractivity contribution in [2.75, 3.05) is 18.0 Å². The van der Waals surface area contributed by atoms with Gasteiger partial charge in [-0.3, -0.25) is 0 Å². The quantitative estimate of drug-likeness (QED) is 0.655. The van der Waals surface area contributed by atoms with Crippen molar-refractivity contribution in [3.8, 4) is 0 Å². The highest BCUT2D eigenvalue weighted by molar-refractivity contribution is 5.85. The molecular weight excluding hydrogens is 226 g/mol. The lowest BCUT2D eigenvalue weighted by Gasteiger charge is -2.26. The molecule has 1 N–H and O–H groups in total. The van der Waals surface area contributed by atoms with E-state index in [1.165, 1.54) is 11.8 Å². The van der Waals surface area contributed by atoms with Crippen molar-refractivity contribution in [2.24, 2.45) is 0 Å². The van der Waals surface area contributed by atoms with E-state index in [2.05, 4.69) is 23.1 Å². The molecule has 2 rings (SSSR count). The van der Waals surface area contributed by atoms with Crippen molar-refractivity contribution in [3.05, 3.63) is 47.6 Å². The SMILES string of the molecule is Cc1cc(N2CC=CCC2)ccc1/C=C/C(=O)O. The van der Waals surface area contributed by atoms with Gasteiger partial charge in [0.1, 0.15) is 0 Å². The van der Waals surface area contributed by atoms with Crippen molar-refractivity contribution in [1.82, 2.24) is 0 Å². The fourth-order valence-corrected chi connectivity index (χ4v) is 2.08. The van der Waals surface area contributed by atoms with Crippen LogP contribution in [0.3, 0.4) is 0 Å². The van der Waals surface area contributed by atoms with E-state index in [4.69, 9.17) is 5.11 Å². The topological polar surface area (TPSA) is 40.5 Å². The van der Waals surface area contributed by atoms with E-state index in [9.17, 15) is 4.79 Å². The summed E-state index contributed by atoms with van der Waals surface area (Å²) < 4.78 is 0. The van der Waals surface area contributed by atoms with Crippen molar-refractivity contribution >= 4 is 17.7 Å². The number of carboxylic acids is 1. The molecule has 0 aromatic heterocycles. The maximum absolute atomic E-state index is 10.5. The molecule has 0 saturated carbocycles. The molecule has 0 spiro atoms. The second-order valence-electron chi connectivity index (χ2n) is 4.42. The van der Waals surface area contributed by atoms with Gasteiger partial charge in [-0.25, -0.2) is 4.79 Å². The Labute approximate surface area is 107 Å². The lowest BCUT2D eigenvalue weighted by atomic mass is 10.1. The van der Waals surface area contributed by atoms with Gasteiger partial charge >= 0.3 is 5.97 Å². The van der Waals surface area contributed by atoms with Crippen LogP contribution in [0.5, 0.6) is 0 Å². The standard InChI is InChI=1S/C15H17NO2/c1-12-11-14(16-9-3-2-4-10-16)7-5-13(12)6-8-15(17)18/h2-3,5-8,11H,4,9-10H2,1H3,(H,17,18)/b8-6+. The molecule has 0 unspecified atom stereocenters. The molecule has 0 bridgehead atoms. The fourth-order valence-electron chi connectivity index (χ4n) is 2.08. The van der Waals surface area contributed by atoms with Crippen LogP contribution in [0.1, 0.15) is 17.5 Å². The predicted octanol–water partition coefficient (Wildman–Crippen LogP) is 2.86. The minimum atomic E-state index is -0.917. The minimum Gasteiger partial charge on any atom is -0.478 e. The zero-order valence-corrected chi connectivity index (χ0v) is 10.5. The Morgan fingerprint density at radius 1 is 1.39 bits per heavy atom. The van der Waals surface area contributed by atoms with Crippen LogP contribution in [-0.2, 0) is 4.79 Å². The summed E-state index contributed by atoms with van der Waals surface area (Å²) in [5.74, 6) is -0.917. The third kappa shape index (κ3) is 3.00. The Kier molecular flexibility index (Phi) is 3.82. The molecule has 0 fully saturated rings. The molecule has 0 aliphatic carbocycles. The summed E-state index contributed by atoms with van der Waals surface area (Å²) in [5, 5.41) is 8.62. The van der Waals surface area contributed by atoms with Crippen LogP contribution >= 0.6 is 0 Å². The number of hydrogen-bond donors (Lipinski definition) is 1. The van der Waals surface area contributed by atoms with Crippen LogP contribution < -0.4 is 4.90 Å². The highest BCUT2D eigenvalue weighted by Gasteiger charge is 2.08. The number of hydrogen-bond acceptors (Lipinski definition) is 2. The molecule has 3 heteroatoms. The summed E-state index contributed by atoms with van der Waals surface area (Å²) in [4.78, 5) is 12.8. The van der Waals surface area contributed by atoms with Gasteiger partial charge in [-0.2, -0.15) is 0 Å². The normalized spacial score (nSPS) is 15.3. The number of rotatable bonds is 3. The van der Waals surface area contributed by atoms with Gasteiger partial charge in [-0.15, -0.1) is 0 Å². The smallest absolute Gasteiger partial charge is 0.328 e. The summed E-state index contributed by atoms with van der Waals surface area (Å²) in [5.41, 5.74) is 3.25. The second-order valence-corrected chi connectivity index (χ2v) is 4.42. The monoisotopic (exact) mass is 243 g/mol. The van der Waals surface area contributed by atoms with Crippen LogP contribution in [-0.4, -0.2) is 24.2 Å². The summed E-state index contributed by atoms with van der Waals surface area (Å²) in [6.07, 6.45) is 8.27. The lowest BCUT2D eigenvalue weighted by molar-refractivity contribution is -0.131. The van der Waals surface area contributed by atoms with Gasteiger partial charge in [0.2, 0.25) is 0 Å². The van der Waals surface area contributed by atoms with Crippen LogP contribution in [0.15, 0.2) is 36.4 Å². The first kappa shape index (κ1) is 12.4. The van der Waals surface area contributed by atoms with Gasteiger partial charge in [0.15, 0.2) is 0 Å². The molecule has 3 nitrogen and oxygen atoms in total. The first-order valence-corrected chi connectivity index (χ1v) is 6.08. The molecular formula is C15H17NO2. The second kappa shape index (κ2) is 5.54. The van der Waals surface area contributed by atoms with Crippen molar-refractivity contribution in [3.63, 3.8) is 0 Å². The average Bonchev–Trinajstić information content (AvgIpc) is 2.38. The summed E-state index contributed by atoms with van der Waals surface area (Å²) in [6, 6.07) is 6.14. The van der Waals surface area contributed by atoms with E-state index in [-0.39, 0.29) is 0 Å². The number of carboxylic acid groups (broad SMARTS) is 1. The molecule has 0 atom stereocenters. The molecule has 1 heterocycles. The third-order valence-electron chi connectivity index (χ3n) is 3.08. The minimum absolute atomic E-state index is 0.917. The lowest BCUT2D eigenvalue weighted by Crippen LogP contribution is -2.26. The van der Waals surface area contributed by atoms with E-state index in [1.54, 1.807) is 6.08 Å². The van der Waals surface area contributed by atoms with Crippen molar-refractivity contribution in [2.45, 2.75) is 13.3 Å².